The number of hydrogen-bond acceptors (Lipinski definition) is 2. The zero-order valence-electron chi connectivity index (χ0n) is 10.9. The average molecular weight is 313 g/mol. The van der Waals surface area contributed by atoms with Crippen molar-refractivity contribution < 1.29 is 9.84 Å². The fourth-order valence-corrected chi connectivity index (χ4v) is 3.33. The summed E-state index contributed by atoms with van der Waals surface area (Å²) >= 11 is 3.54. The molecule has 1 aromatic carbocycles. The van der Waals surface area contributed by atoms with Crippen molar-refractivity contribution in [3.8, 4) is 0 Å². The van der Waals surface area contributed by atoms with Crippen LogP contribution in [0.2, 0.25) is 0 Å². The van der Waals surface area contributed by atoms with E-state index in [4.69, 9.17) is 4.74 Å². The van der Waals surface area contributed by atoms with Gasteiger partial charge in [-0.3, -0.25) is 0 Å². The van der Waals surface area contributed by atoms with Crippen molar-refractivity contribution in [2.45, 2.75) is 50.2 Å². The zero-order valence-corrected chi connectivity index (χ0v) is 12.4. The van der Waals surface area contributed by atoms with Gasteiger partial charge < -0.3 is 9.84 Å². The van der Waals surface area contributed by atoms with Gasteiger partial charge in [0.1, 0.15) is 0 Å². The molecule has 1 unspecified atom stereocenters. The Bertz CT molecular complexity index is 386. The van der Waals surface area contributed by atoms with Crippen LogP contribution in [-0.4, -0.2) is 23.9 Å². The third-order valence-electron chi connectivity index (χ3n) is 4.08. The Balaban J connectivity index is 2.10. The van der Waals surface area contributed by atoms with Crippen molar-refractivity contribution in [1.29, 1.82) is 0 Å². The number of aliphatic hydroxyl groups is 1. The number of rotatable bonds is 4. The number of ether oxygens (including phenoxy) is 1. The Labute approximate surface area is 117 Å². The van der Waals surface area contributed by atoms with Crippen LogP contribution < -0.4 is 0 Å². The summed E-state index contributed by atoms with van der Waals surface area (Å²) in [5, 5.41) is 10.6. The molecule has 0 saturated heterocycles. The van der Waals surface area contributed by atoms with Crippen LogP contribution in [0, 0.1) is 0 Å². The number of hydrogen-bond donors (Lipinski definition) is 1. The minimum Gasteiger partial charge on any atom is -0.390 e. The summed E-state index contributed by atoms with van der Waals surface area (Å²) in [6, 6.07) is 8.07. The van der Waals surface area contributed by atoms with Crippen molar-refractivity contribution >= 4 is 15.9 Å². The molecule has 2 nitrogen and oxygen atoms in total. The molecule has 0 bridgehead atoms. The minimum absolute atomic E-state index is 0.340. The Morgan fingerprint density at radius 1 is 1.28 bits per heavy atom. The number of aliphatic hydroxyl groups excluding tert-OH is 1. The van der Waals surface area contributed by atoms with Gasteiger partial charge in [-0.05, 0) is 24.5 Å². The van der Waals surface area contributed by atoms with Gasteiger partial charge in [0.25, 0.3) is 0 Å². The lowest BCUT2D eigenvalue weighted by Gasteiger charge is -2.40. The summed E-state index contributed by atoms with van der Waals surface area (Å²) in [6.07, 6.45) is 5.72. The Morgan fingerprint density at radius 2 is 1.94 bits per heavy atom. The second-order valence-corrected chi connectivity index (χ2v) is 6.00. The van der Waals surface area contributed by atoms with E-state index in [1.165, 1.54) is 6.42 Å². The standard InChI is InChI=1S/C15H21BrO2/c1-18-15(9-5-2-6-10-15)14(17)11-12-7-3-4-8-13(12)16/h3-4,7-8,14,17H,2,5-6,9-11H2,1H3. The van der Waals surface area contributed by atoms with E-state index >= 15 is 0 Å². The average Bonchev–Trinajstić information content (AvgIpc) is 2.42. The van der Waals surface area contributed by atoms with Crippen LogP contribution in [0.4, 0.5) is 0 Å². The van der Waals surface area contributed by atoms with Gasteiger partial charge in [0.05, 0.1) is 11.7 Å². The van der Waals surface area contributed by atoms with E-state index in [0.717, 1.165) is 35.7 Å². The van der Waals surface area contributed by atoms with E-state index < -0.39 is 6.10 Å². The molecule has 3 heteroatoms. The molecule has 1 atom stereocenters. The molecule has 0 spiro atoms. The maximum absolute atomic E-state index is 10.6. The number of methoxy groups -OCH3 is 1. The van der Waals surface area contributed by atoms with Crippen LogP contribution in [0.3, 0.4) is 0 Å². The predicted molar refractivity (Wildman–Crippen MR) is 76.7 cm³/mol. The van der Waals surface area contributed by atoms with Crippen molar-refractivity contribution in [1.82, 2.24) is 0 Å². The third kappa shape index (κ3) is 2.95. The zero-order chi connectivity index (χ0) is 13.0. The second kappa shape index (κ2) is 6.18. The third-order valence-corrected chi connectivity index (χ3v) is 4.86. The highest BCUT2D eigenvalue weighted by Gasteiger charge is 2.39. The van der Waals surface area contributed by atoms with E-state index in [-0.39, 0.29) is 5.60 Å². The van der Waals surface area contributed by atoms with Crippen molar-refractivity contribution in [2.75, 3.05) is 7.11 Å². The molecule has 0 radical (unpaired) electrons. The van der Waals surface area contributed by atoms with Crippen LogP contribution in [0.1, 0.15) is 37.7 Å². The predicted octanol–water partition coefficient (Wildman–Crippen LogP) is 3.70. The van der Waals surface area contributed by atoms with E-state index in [9.17, 15) is 5.11 Å². The van der Waals surface area contributed by atoms with Crippen LogP contribution >= 0.6 is 15.9 Å². The molecule has 1 N–H and O–H groups in total. The van der Waals surface area contributed by atoms with Gasteiger partial charge in [0.15, 0.2) is 0 Å². The van der Waals surface area contributed by atoms with E-state index in [0.29, 0.717) is 6.42 Å². The second-order valence-electron chi connectivity index (χ2n) is 5.14. The lowest BCUT2D eigenvalue weighted by molar-refractivity contribution is -0.122. The van der Waals surface area contributed by atoms with E-state index in [2.05, 4.69) is 22.0 Å². The molecule has 0 heterocycles. The van der Waals surface area contributed by atoms with Gasteiger partial charge >= 0.3 is 0 Å². The molecule has 0 aliphatic heterocycles. The molecule has 1 aromatic rings. The van der Waals surface area contributed by atoms with Crippen molar-refractivity contribution in [3.05, 3.63) is 34.3 Å². The van der Waals surface area contributed by atoms with Gasteiger partial charge in [-0.15, -0.1) is 0 Å². The first-order valence-corrected chi connectivity index (χ1v) is 7.44. The topological polar surface area (TPSA) is 29.5 Å². The van der Waals surface area contributed by atoms with Gasteiger partial charge in [-0.25, -0.2) is 0 Å². The maximum Gasteiger partial charge on any atom is 0.0939 e. The highest BCUT2D eigenvalue weighted by molar-refractivity contribution is 9.10. The Hall–Kier alpha value is -0.380. The summed E-state index contributed by atoms with van der Waals surface area (Å²) in [6.45, 7) is 0. The fraction of sp³-hybridized carbons (Fsp3) is 0.600. The smallest absolute Gasteiger partial charge is 0.0939 e. The SMILES string of the molecule is COC1(C(O)Cc2ccccc2Br)CCCCC1. The first kappa shape index (κ1) is 14.0. The molecule has 100 valence electrons. The highest BCUT2D eigenvalue weighted by Crippen LogP contribution is 2.35. The van der Waals surface area contributed by atoms with Gasteiger partial charge in [0, 0.05) is 18.0 Å². The van der Waals surface area contributed by atoms with Crippen LogP contribution in [0.15, 0.2) is 28.7 Å². The van der Waals surface area contributed by atoms with Crippen LogP contribution in [-0.2, 0) is 11.2 Å². The lowest BCUT2D eigenvalue weighted by Crippen LogP contribution is -2.46. The summed E-state index contributed by atoms with van der Waals surface area (Å²) in [7, 11) is 1.73. The van der Waals surface area contributed by atoms with Crippen molar-refractivity contribution in [3.63, 3.8) is 0 Å². The van der Waals surface area contributed by atoms with E-state index in [1.807, 2.05) is 18.2 Å². The normalized spacial score (nSPS) is 20.6. The first-order chi connectivity index (χ1) is 8.68. The molecule has 1 aliphatic carbocycles. The summed E-state index contributed by atoms with van der Waals surface area (Å²) in [5.74, 6) is 0. The van der Waals surface area contributed by atoms with E-state index in [1.54, 1.807) is 7.11 Å². The number of halogens is 1. The molecule has 1 saturated carbocycles. The lowest BCUT2D eigenvalue weighted by atomic mass is 9.78. The molecule has 18 heavy (non-hydrogen) atoms. The van der Waals surface area contributed by atoms with Gasteiger partial charge in [-0.2, -0.15) is 0 Å². The van der Waals surface area contributed by atoms with Gasteiger partial charge in [0.2, 0.25) is 0 Å². The number of benzene rings is 1. The largest absolute Gasteiger partial charge is 0.390 e. The molecule has 0 amide bonds. The monoisotopic (exact) mass is 312 g/mol. The summed E-state index contributed by atoms with van der Waals surface area (Å²) in [4.78, 5) is 0. The molecule has 2 rings (SSSR count). The van der Waals surface area contributed by atoms with Gasteiger partial charge in [-0.1, -0.05) is 53.4 Å². The molecular weight excluding hydrogens is 292 g/mol. The Kier molecular flexibility index (Phi) is 4.82. The fourth-order valence-electron chi connectivity index (χ4n) is 2.88. The molecule has 1 aliphatic rings. The molecule has 0 aromatic heterocycles. The van der Waals surface area contributed by atoms with Crippen LogP contribution in [0.25, 0.3) is 0 Å². The summed E-state index contributed by atoms with van der Waals surface area (Å²) in [5.41, 5.74) is 0.806. The van der Waals surface area contributed by atoms with Crippen LogP contribution in [0.5, 0.6) is 0 Å². The quantitative estimate of drug-likeness (QED) is 0.918. The minimum atomic E-state index is -0.429. The molecule has 1 fully saturated rings. The molecular formula is C15H21BrO2. The first-order valence-electron chi connectivity index (χ1n) is 6.64. The Morgan fingerprint density at radius 3 is 2.56 bits per heavy atom. The maximum atomic E-state index is 10.6. The summed E-state index contributed by atoms with van der Waals surface area (Å²) < 4.78 is 6.75. The highest BCUT2D eigenvalue weighted by atomic mass is 79.9. The van der Waals surface area contributed by atoms with Crippen molar-refractivity contribution in [2.24, 2.45) is 0 Å².